The van der Waals surface area contributed by atoms with Gasteiger partial charge < -0.3 is 15.0 Å². The van der Waals surface area contributed by atoms with Gasteiger partial charge in [-0.05, 0) is 58.5 Å². The Hall–Kier alpha value is -0.380. The van der Waals surface area contributed by atoms with Crippen molar-refractivity contribution < 1.29 is 4.74 Å². The van der Waals surface area contributed by atoms with E-state index in [-0.39, 0.29) is 5.54 Å². The molecule has 0 radical (unpaired) electrons. The molecule has 116 valence electrons. The molecule has 1 aliphatic heterocycles. The van der Waals surface area contributed by atoms with Gasteiger partial charge in [-0.15, -0.1) is 0 Å². The van der Waals surface area contributed by atoms with Crippen LogP contribution >= 0.6 is 0 Å². The van der Waals surface area contributed by atoms with Crippen LogP contribution < -0.4 is 5.32 Å². The molecule has 0 spiro atoms. The third-order valence-electron chi connectivity index (χ3n) is 5.55. The van der Waals surface area contributed by atoms with Gasteiger partial charge in [0.25, 0.3) is 0 Å². The molecule has 1 aliphatic carbocycles. The van der Waals surface area contributed by atoms with Crippen LogP contribution in [0.2, 0.25) is 0 Å². The molecule has 0 unspecified atom stereocenters. The quantitative estimate of drug-likeness (QED) is 0.784. The van der Waals surface area contributed by atoms with Gasteiger partial charge in [0.05, 0.1) is 0 Å². The number of nitrogens with one attached hydrogen (secondary N) is 1. The molecular formula is C17H32N2O. The molecule has 1 N–H and O–H groups in total. The Bertz CT molecular complexity index is 332. The Morgan fingerprint density at radius 1 is 1.35 bits per heavy atom. The fourth-order valence-corrected chi connectivity index (χ4v) is 3.73. The highest BCUT2D eigenvalue weighted by Crippen LogP contribution is 2.30. The molecular weight excluding hydrogens is 248 g/mol. The summed E-state index contributed by atoms with van der Waals surface area (Å²) in [5, 5.41) is 3.77. The van der Waals surface area contributed by atoms with Gasteiger partial charge in [-0.25, -0.2) is 0 Å². The summed E-state index contributed by atoms with van der Waals surface area (Å²) >= 11 is 0. The number of nitrogens with zero attached hydrogens (tertiary/aromatic N) is 1. The molecule has 0 saturated carbocycles. The van der Waals surface area contributed by atoms with Crippen LogP contribution in [0.1, 0.15) is 39.5 Å². The summed E-state index contributed by atoms with van der Waals surface area (Å²) < 4.78 is 5.54. The molecule has 0 bridgehead atoms. The van der Waals surface area contributed by atoms with Gasteiger partial charge in [0.2, 0.25) is 0 Å². The van der Waals surface area contributed by atoms with Gasteiger partial charge in [0.1, 0.15) is 0 Å². The fraction of sp³-hybridized carbons (Fsp3) is 0.882. The first-order valence-electron chi connectivity index (χ1n) is 8.18. The predicted molar refractivity (Wildman–Crippen MR) is 85.0 cm³/mol. The Labute approximate surface area is 124 Å². The highest BCUT2D eigenvalue weighted by molar-refractivity contribution is 5.09. The average Bonchev–Trinajstić information content (AvgIpc) is 2.43. The van der Waals surface area contributed by atoms with E-state index in [4.69, 9.17) is 4.74 Å². The third-order valence-corrected chi connectivity index (χ3v) is 5.55. The van der Waals surface area contributed by atoms with Crippen LogP contribution in [-0.2, 0) is 4.74 Å². The minimum atomic E-state index is 0.285. The van der Waals surface area contributed by atoms with E-state index in [0.29, 0.717) is 0 Å². The van der Waals surface area contributed by atoms with E-state index >= 15 is 0 Å². The minimum Gasteiger partial charge on any atom is -0.381 e. The number of ether oxygens (including phenoxy) is 1. The summed E-state index contributed by atoms with van der Waals surface area (Å²) in [6, 6.07) is 0. The van der Waals surface area contributed by atoms with Gasteiger partial charge in [0.15, 0.2) is 0 Å². The Kier molecular flexibility index (Phi) is 5.65. The zero-order valence-corrected chi connectivity index (χ0v) is 13.7. The zero-order valence-electron chi connectivity index (χ0n) is 13.7. The lowest BCUT2D eigenvalue weighted by molar-refractivity contribution is -0.00743. The SMILES string of the molecule is CC1=CCC[C@@H](C)[C@@H]1CNCC1(N(C)C)CCOCC1. The van der Waals surface area contributed by atoms with Crippen molar-refractivity contribution in [2.45, 2.75) is 45.1 Å². The first-order chi connectivity index (χ1) is 9.55. The summed E-state index contributed by atoms with van der Waals surface area (Å²) in [6.45, 7) is 8.72. The second-order valence-corrected chi connectivity index (χ2v) is 6.97. The van der Waals surface area contributed by atoms with Crippen LogP contribution in [0.4, 0.5) is 0 Å². The summed E-state index contributed by atoms with van der Waals surface area (Å²) in [5.74, 6) is 1.54. The fourth-order valence-electron chi connectivity index (χ4n) is 3.73. The first kappa shape index (κ1) is 16.0. The van der Waals surface area contributed by atoms with Gasteiger partial charge in [-0.3, -0.25) is 0 Å². The van der Waals surface area contributed by atoms with Crippen LogP contribution in [-0.4, -0.2) is 50.8 Å². The number of rotatable bonds is 5. The van der Waals surface area contributed by atoms with E-state index in [2.05, 4.69) is 44.2 Å². The number of likely N-dealkylation sites (N-methyl/N-ethyl adjacent to an activating group) is 1. The van der Waals surface area contributed by atoms with Crippen molar-refractivity contribution in [2.24, 2.45) is 11.8 Å². The lowest BCUT2D eigenvalue weighted by Crippen LogP contribution is -2.55. The number of allylic oxidation sites excluding steroid dienone is 1. The summed E-state index contributed by atoms with van der Waals surface area (Å²) in [7, 11) is 4.42. The molecule has 1 heterocycles. The molecule has 1 fully saturated rings. The summed E-state index contributed by atoms with van der Waals surface area (Å²) in [5.41, 5.74) is 1.87. The first-order valence-corrected chi connectivity index (χ1v) is 8.18. The largest absolute Gasteiger partial charge is 0.381 e. The van der Waals surface area contributed by atoms with E-state index in [0.717, 1.165) is 51.0 Å². The normalized spacial score (nSPS) is 30.4. The Morgan fingerprint density at radius 3 is 2.65 bits per heavy atom. The number of hydrogen-bond acceptors (Lipinski definition) is 3. The Balaban J connectivity index is 1.87. The van der Waals surface area contributed by atoms with Crippen molar-refractivity contribution in [3.8, 4) is 0 Å². The molecule has 20 heavy (non-hydrogen) atoms. The van der Waals surface area contributed by atoms with Gasteiger partial charge in [0, 0.05) is 31.8 Å². The summed E-state index contributed by atoms with van der Waals surface area (Å²) in [6.07, 6.45) is 7.32. The van der Waals surface area contributed by atoms with Crippen molar-refractivity contribution in [2.75, 3.05) is 40.4 Å². The highest BCUT2D eigenvalue weighted by Gasteiger charge is 2.34. The van der Waals surface area contributed by atoms with E-state index < -0.39 is 0 Å². The van der Waals surface area contributed by atoms with Crippen LogP contribution in [0.3, 0.4) is 0 Å². The highest BCUT2D eigenvalue weighted by atomic mass is 16.5. The smallest absolute Gasteiger partial charge is 0.0484 e. The zero-order chi connectivity index (χ0) is 14.6. The second-order valence-electron chi connectivity index (χ2n) is 6.97. The molecule has 2 rings (SSSR count). The molecule has 1 saturated heterocycles. The van der Waals surface area contributed by atoms with Crippen LogP contribution in [0.5, 0.6) is 0 Å². The van der Waals surface area contributed by atoms with Gasteiger partial charge >= 0.3 is 0 Å². The van der Waals surface area contributed by atoms with Gasteiger partial charge in [-0.1, -0.05) is 18.6 Å². The molecule has 0 amide bonds. The lowest BCUT2D eigenvalue weighted by atomic mass is 9.80. The average molecular weight is 280 g/mol. The van der Waals surface area contributed by atoms with Crippen LogP contribution in [0.25, 0.3) is 0 Å². The Morgan fingerprint density at radius 2 is 2.05 bits per heavy atom. The molecule has 3 nitrogen and oxygen atoms in total. The van der Waals surface area contributed by atoms with Gasteiger partial charge in [-0.2, -0.15) is 0 Å². The van der Waals surface area contributed by atoms with Crippen molar-refractivity contribution in [3.63, 3.8) is 0 Å². The van der Waals surface area contributed by atoms with E-state index in [1.54, 1.807) is 5.57 Å². The lowest BCUT2D eigenvalue weighted by Gasteiger charge is -2.43. The predicted octanol–water partition coefficient (Wildman–Crippen LogP) is 2.68. The van der Waals surface area contributed by atoms with E-state index in [1.807, 2.05) is 0 Å². The molecule has 2 atom stereocenters. The molecule has 3 heteroatoms. The topological polar surface area (TPSA) is 24.5 Å². The van der Waals surface area contributed by atoms with Crippen molar-refractivity contribution in [3.05, 3.63) is 11.6 Å². The maximum Gasteiger partial charge on any atom is 0.0484 e. The monoisotopic (exact) mass is 280 g/mol. The maximum atomic E-state index is 5.54. The van der Waals surface area contributed by atoms with Crippen molar-refractivity contribution in [1.29, 1.82) is 0 Å². The minimum absolute atomic E-state index is 0.285. The molecule has 0 aromatic carbocycles. The van der Waals surface area contributed by atoms with Crippen molar-refractivity contribution >= 4 is 0 Å². The number of hydrogen-bond donors (Lipinski definition) is 1. The summed E-state index contributed by atoms with van der Waals surface area (Å²) in [4.78, 5) is 2.40. The van der Waals surface area contributed by atoms with Crippen molar-refractivity contribution in [1.82, 2.24) is 10.2 Å². The standard InChI is InChI=1S/C17H32N2O/c1-14-6-5-7-15(2)16(14)12-18-13-17(19(3)4)8-10-20-11-9-17/h6,15-16,18H,5,7-13H2,1-4H3/t15-,16-/m1/s1. The van der Waals surface area contributed by atoms with E-state index in [9.17, 15) is 0 Å². The molecule has 0 aromatic rings. The van der Waals surface area contributed by atoms with Crippen LogP contribution in [0.15, 0.2) is 11.6 Å². The molecule has 2 aliphatic rings. The second kappa shape index (κ2) is 7.06. The maximum absolute atomic E-state index is 5.54. The van der Waals surface area contributed by atoms with Crippen LogP contribution in [0, 0.1) is 11.8 Å². The molecule has 0 aromatic heterocycles. The van der Waals surface area contributed by atoms with E-state index in [1.165, 1.54) is 12.8 Å². The third kappa shape index (κ3) is 3.63.